The molecule has 23 heavy (non-hydrogen) atoms. The normalized spacial score (nSPS) is 21.5. The fourth-order valence-electron chi connectivity index (χ4n) is 3.07. The Labute approximate surface area is 139 Å². The van der Waals surface area contributed by atoms with E-state index in [1.165, 1.54) is 0 Å². The van der Waals surface area contributed by atoms with Crippen molar-refractivity contribution in [1.29, 1.82) is 0 Å². The summed E-state index contributed by atoms with van der Waals surface area (Å²) >= 11 is 1.59. The summed E-state index contributed by atoms with van der Waals surface area (Å²) in [4.78, 5) is 27.5. The lowest BCUT2D eigenvalue weighted by Crippen LogP contribution is -2.45. The molecule has 0 radical (unpaired) electrons. The smallest absolute Gasteiger partial charge is 0.225 e. The molecule has 1 saturated heterocycles. The maximum absolute atomic E-state index is 12.7. The maximum atomic E-state index is 12.7. The van der Waals surface area contributed by atoms with Crippen molar-refractivity contribution in [2.75, 3.05) is 7.05 Å². The Bertz CT molecular complexity index is 693. The van der Waals surface area contributed by atoms with Crippen LogP contribution in [0.2, 0.25) is 0 Å². The number of thiophene rings is 1. The number of amides is 2. The summed E-state index contributed by atoms with van der Waals surface area (Å²) in [6.07, 6.45) is 2.63. The number of nitrogens with zero attached hydrogens (tertiary/aromatic N) is 1. The standard InChI is InChI=1S/C17H20N2O3S/c1-11-12(7-8-22-11)10-18-17(21)13-5-6-15(20)19(2)16(13)14-4-3-9-23-14/h3-4,7-9,13,16H,5-6,10H2,1-2H3,(H,18,21)/t13-,16-/m1/s1. The third-order valence-corrected chi connectivity index (χ3v) is 5.39. The van der Waals surface area contributed by atoms with E-state index in [2.05, 4.69) is 5.32 Å². The van der Waals surface area contributed by atoms with Gasteiger partial charge in [0.15, 0.2) is 0 Å². The van der Waals surface area contributed by atoms with E-state index in [0.717, 1.165) is 16.2 Å². The summed E-state index contributed by atoms with van der Waals surface area (Å²) in [5.74, 6) is 0.682. The van der Waals surface area contributed by atoms with Gasteiger partial charge >= 0.3 is 0 Å². The highest BCUT2D eigenvalue weighted by Gasteiger charge is 2.39. The van der Waals surface area contributed by atoms with Gasteiger partial charge < -0.3 is 14.6 Å². The van der Waals surface area contributed by atoms with E-state index in [1.54, 1.807) is 29.5 Å². The van der Waals surface area contributed by atoms with Gasteiger partial charge in [-0.15, -0.1) is 11.3 Å². The summed E-state index contributed by atoms with van der Waals surface area (Å²) in [7, 11) is 1.78. The Morgan fingerprint density at radius 2 is 2.30 bits per heavy atom. The van der Waals surface area contributed by atoms with Crippen molar-refractivity contribution in [2.45, 2.75) is 32.4 Å². The Balaban J connectivity index is 1.74. The molecule has 2 aromatic heterocycles. The summed E-state index contributed by atoms with van der Waals surface area (Å²) in [6, 6.07) is 5.63. The lowest BCUT2D eigenvalue weighted by Gasteiger charge is -2.37. The van der Waals surface area contributed by atoms with E-state index in [4.69, 9.17) is 4.42 Å². The van der Waals surface area contributed by atoms with Crippen LogP contribution < -0.4 is 5.32 Å². The van der Waals surface area contributed by atoms with Gasteiger partial charge in [-0.1, -0.05) is 6.07 Å². The molecule has 0 spiro atoms. The molecule has 2 amide bonds. The third kappa shape index (κ3) is 3.17. The number of likely N-dealkylation sites (tertiary alicyclic amines) is 1. The Hall–Kier alpha value is -2.08. The molecule has 122 valence electrons. The number of hydrogen-bond acceptors (Lipinski definition) is 4. The summed E-state index contributed by atoms with van der Waals surface area (Å²) in [5.41, 5.74) is 0.978. The first-order valence-electron chi connectivity index (χ1n) is 7.67. The summed E-state index contributed by atoms with van der Waals surface area (Å²) in [6.45, 7) is 2.33. The van der Waals surface area contributed by atoms with Crippen molar-refractivity contribution in [2.24, 2.45) is 5.92 Å². The minimum atomic E-state index is -0.219. The molecule has 5 nitrogen and oxygen atoms in total. The molecule has 0 aromatic carbocycles. The van der Waals surface area contributed by atoms with Crippen molar-refractivity contribution < 1.29 is 14.0 Å². The number of rotatable bonds is 4. The molecule has 6 heteroatoms. The monoisotopic (exact) mass is 332 g/mol. The number of furan rings is 1. The van der Waals surface area contributed by atoms with Crippen molar-refractivity contribution in [1.82, 2.24) is 10.2 Å². The fraction of sp³-hybridized carbons (Fsp3) is 0.412. The van der Waals surface area contributed by atoms with E-state index >= 15 is 0 Å². The first kappa shape index (κ1) is 15.8. The molecule has 0 unspecified atom stereocenters. The first-order valence-corrected chi connectivity index (χ1v) is 8.55. The minimum absolute atomic E-state index is 0.0108. The van der Waals surface area contributed by atoms with Crippen LogP contribution in [-0.2, 0) is 16.1 Å². The Morgan fingerprint density at radius 3 is 2.96 bits per heavy atom. The lowest BCUT2D eigenvalue weighted by atomic mass is 9.87. The number of carbonyl (C=O) groups is 2. The first-order chi connectivity index (χ1) is 11.1. The Morgan fingerprint density at radius 1 is 1.48 bits per heavy atom. The van der Waals surface area contributed by atoms with Gasteiger partial charge in [0.25, 0.3) is 0 Å². The average molecular weight is 332 g/mol. The Kier molecular flexibility index (Phi) is 4.52. The van der Waals surface area contributed by atoms with E-state index in [9.17, 15) is 9.59 Å². The number of nitrogens with one attached hydrogen (secondary N) is 1. The fourth-order valence-corrected chi connectivity index (χ4v) is 4.00. The molecule has 1 aliphatic rings. The molecule has 3 rings (SSSR count). The van der Waals surface area contributed by atoms with Crippen LogP contribution in [0.3, 0.4) is 0 Å². The van der Waals surface area contributed by atoms with Crippen LogP contribution in [0.1, 0.15) is 35.1 Å². The molecule has 0 saturated carbocycles. The van der Waals surface area contributed by atoms with Crippen molar-refractivity contribution in [3.63, 3.8) is 0 Å². The van der Waals surface area contributed by atoms with Crippen molar-refractivity contribution in [3.8, 4) is 0 Å². The second-order valence-corrected chi connectivity index (χ2v) is 6.81. The zero-order chi connectivity index (χ0) is 16.4. The molecule has 1 N–H and O–H groups in total. The molecule has 2 atom stereocenters. The minimum Gasteiger partial charge on any atom is -0.469 e. The highest BCUT2D eigenvalue weighted by Crippen LogP contribution is 2.37. The number of carbonyl (C=O) groups excluding carboxylic acids is 2. The van der Waals surface area contributed by atoms with E-state index in [1.807, 2.05) is 30.5 Å². The highest BCUT2D eigenvalue weighted by molar-refractivity contribution is 7.10. The van der Waals surface area contributed by atoms with Gasteiger partial charge in [0.05, 0.1) is 18.2 Å². The topological polar surface area (TPSA) is 62.6 Å². The zero-order valence-corrected chi connectivity index (χ0v) is 14.1. The molecule has 3 heterocycles. The van der Waals surface area contributed by atoms with Gasteiger partial charge in [-0.25, -0.2) is 0 Å². The van der Waals surface area contributed by atoms with Crippen LogP contribution in [-0.4, -0.2) is 23.8 Å². The van der Waals surface area contributed by atoms with Crippen molar-refractivity contribution in [3.05, 3.63) is 46.0 Å². The van der Waals surface area contributed by atoms with Gasteiger partial charge in [0.2, 0.25) is 11.8 Å². The van der Waals surface area contributed by atoms with Gasteiger partial charge in [0, 0.05) is 30.5 Å². The number of piperidine rings is 1. The van der Waals surface area contributed by atoms with Crippen LogP contribution in [0.5, 0.6) is 0 Å². The molecule has 1 fully saturated rings. The van der Waals surface area contributed by atoms with Crippen LogP contribution >= 0.6 is 11.3 Å². The van der Waals surface area contributed by atoms with Gasteiger partial charge in [0.1, 0.15) is 5.76 Å². The van der Waals surface area contributed by atoms with Gasteiger partial charge in [-0.3, -0.25) is 9.59 Å². The molecule has 2 aromatic rings. The molecule has 0 aliphatic carbocycles. The quantitative estimate of drug-likeness (QED) is 0.936. The molecule has 1 aliphatic heterocycles. The molecular weight excluding hydrogens is 312 g/mol. The maximum Gasteiger partial charge on any atom is 0.225 e. The summed E-state index contributed by atoms with van der Waals surface area (Å²) in [5, 5.41) is 4.97. The van der Waals surface area contributed by atoms with E-state index < -0.39 is 0 Å². The predicted octanol–water partition coefficient (Wildman–Crippen LogP) is 2.88. The third-order valence-electron chi connectivity index (χ3n) is 4.45. The number of aryl methyl sites for hydroxylation is 1. The van der Waals surface area contributed by atoms with Crippen LogP contribution in [0.15, 0.2) is 34.3 Å². The van der Waals surface area contributed by atoms with Gasteiger partial charge in [-0.05, 0) is 30.9 Å². The highest BCUT2D eigenvalue weighted by atomic mass is 32.1. The second kappa shape index (κ2) is 6.58. The molecule has 0 bridgehead atoms. The van der Waals surface area contributed by atoms with Crippen LogP contribution in [0.25, 0.3) is 0 Å². The largest absolute Gasteiger partial charge is 0.469 e. The SMILES string of the molecule is Cc1occc1CNC(=O)[C@@H]1CCC(=O)N(C)[C@H]1c1cccs1. The van der Waals surface area contributed by atoms with Crippen molar-refractivity contribution >= 4 is 23.2 Å². The second-order valence-electron chi connectivity index (χ2n) is 5.83. The zero-order valence-electron chi connectivity index (χ0n) is 13.2. The van der Waals surface area contributed by atoms with E-state index in [0.29, 0.717) is 19.4 Å². The van der Waals surface area contributed by atoms with E-state index in [-0.39, 0.29) is 23.8 Å². The number of hydrogen-bond donors (Lipinski definition) is 1. The molecular formula is C17H20N2O3S. The van der Waals surface area contributed by atoms with Crippen LogP contribution in [0, 0.1) is 12.8 Å². The average Bonchev–Trinajstić information content (AvgIpc) is 3.19. The lowest BCUT2D eigenvalue weighted by molar-refractivity contribution is -0.141. The van der Waals surface area contributed by atoms with Gasteiger partial charge in [-0.2, -0.15) is 0 Å². The predicted molar refractivity (Wildman–Crippen MR) is 87.8 cm³/mol. The van der Waals surface area contributed by atoms with Crippen LogP contribution in [0.4, 0.5) is 0 Å². The summed E-state index contributed by atoms with van der Waals surface area (Å²) < 4.78 is 5.25.